The molecule has 2 aliphatic rings. The fourth-order valence-corrected chi connectivity index (χ4v) is 4.07. The lowest BCUT2D eigenvalue weighted by molar-refractivity contribution is 0.630. The van der Waals surface area contributed by atoms with Crippen LogP contribution in [0.15, 0.2) is 63.6 Å². The summed E-state index contributed by atoms with van der Waals surface area (Å²) in [4.78, 5) is 13.0. The van der Waals surface area contributed by atoms with Gasteiger partial charge in [-0.15, -0.1) is 11.3 Å². The maximum Gasteiger partial charge on any atom is 0.140 e. The van der Waals surface area contributed by atoms with Crippen LogP contribution in [-0.2, 0) is 7.05 Å². The fourth-order valence-electron chi connectivity index (χ4n) is 3.36. The molecule has 2 aromatic heterocycles. The van der Waals surface area contributed by atoms with E-state index in [0.29, 0.717) is 17.8 Å². The molecule has 0 saturated carbocycles. The van der Waals surface area contributed by atoms with E-state index in [1.54, 1.807) is 28.3 Å². The van der Waals surface area contributed by atoms with Gasteiger partial charge < -0.3 is 5.32 Å². The average Bonchev–Trinajstić information content (AvgIpc) is 3.30. The Labute approximate surface area is 158 Å². The van der Waals surface area contributed by atoms with E-state index >= 15 is 0 Å². The largest absolute Gasteiger partial charge is 0.340 e. The van der Waals surface area contributed by atoms with Gasteiger partial charge in [0.2, 0.25) is 0 Å². The van der Waals surface area contributed by atoms with E-state index in [-0.39, 0.29) is 11.9 Å². The van der Waals surface area contributed by atoms with Crippen molar-refractivity contribution in [1.82, 2.24) is 14.8 Å². The number of hydrogen-bond donors (Lipinski definition) is 1. The molecule has 1 unspecified atom stereocenters. The summed E-state index contributed by atoms with van der Waals surface area (Å²) in [7, 11) is 1.85. The zero-order chi connectivity index (χ0) is 18.4. The number of anilines is 1. The van der Waals surface area contributed by atoms with Crippen LogP contribution in [0.25, 0.3) is 15.8 Å². The summed E-state index contributed by atoms with van der Waals surface area (Å²) < 4.78 is 17.8. The van der Waals surface area contributed by atoms with Crippen molar-refractivity contribution in [3.63, 3.8) is 0 Å². The van der Waals surface area contributed by atoms with Crippen molar-refractivity contribution < 1.29 is 4.39 Å². The number of thiazole rings is 1. The first-order valence-corrected chi connectivity index (χ1v) is 9.35. The van der Waals surface area contributed by atoms with Crippen LogP contribution in [0, 0.1) is 0 Å². The van der Waals surface area contributed by atoms with E-state index in [4.69, 9.17) is 0 Å². The van der Waals surface area contributed by atoms with Gasteiger partial charge in [-0.25, -0.2) is 14.4 Å². The topological polar surface area (TPSA) is 67.5 Å². The molecule has 3 heterocycles. The SMILES string of the molecule is Cn1cc(C2=CC(F)=C3C(Nc4ccc5ncsc5c4)=NC=NC3C2)cn1. The first-order chi connectivity index (χ1) is 13.2. The van der Waals surface area contributed by atoms with E-state index in [1.165, 1.54) is 6.34 Å². The third-order valence-corrected chi connectivity index (χ3v) is 5.45. The second-order valence-corrected chi connectivity index (χ2v) is 7.34. The number of halogens is 1. The van der Waals surface area contributed by atoms with E-state index in [0.717, 1.165) is 27.0 Å². The Bertz CT molecular complexity index is 1170. The summed E-state index contributed by atoms with van der Waals surface area (Å²) >= 11 is 1.57. The fraction of sp³-hybridized carbons (Fsp3) is 0.158. The molecule has 0 saturated heterocycles. The molecular formula is C19H15FN6S. The Hall–Kier alpha value is -3.13. The standard InChI is InChI=1S/C19H15FN6S/c1-26-8-12(7-24-26)11-4-14(20)18-16(5-11)21-9-22-19(18)25-13-2-3-15-17(6-13)27-10-23-15/h2-4,6-10,16H,5H2,1H3,(H,21,22,25). The summed E-state index contributed by atoms with van der Waals surface area (Å²) in [5.74, 6) is 0.185. The van der Waals surface area contributed by atoms with Gasteiger partial charge in [-0.2, -0.15) is 5.10 Å². The number of hydrogen-bond acceptors (Lipinski definition) is 6. The number of aliphatic imine (C=N–C) groups is 2. The Morgan fingerprint density at radius 2 is 2.26 bits per heavy atom. The van der Waals surface area contributed by atoms with Gasteiger partial charge in [-0.3, -0.25) is 9.67 Å². The van der Waals surface area contributed by atoms with Crippen LogP contribution in [0.3, 0.4) is 0 Å². The van der Waals surface area contributed by atoms with Gasteiger partial charge in [0.15, 0.2) is 0 Å². The number of nitrogens with zero attached hydrogens (tertiary/aromatic N) is 5. The number of nitrogens with one attached hydrogen (secondary N) is 1. The summed E-state index contributed by atoms with van der Waals surface area (Å²) in [6.07, 6.45) is 7.30. The van der Waals surface area contributed by atoms with Crippen LogP contribution in [0.5, 0.6) is 0 Å². The molecule has 0 bridgehead atoms. The third-order valence-electron chi connectivity index (χ3n) is 4.66. The molecule has 0 radical (unpaired) electrons. The molecular weight excluding hydrogens is 363 g/mol. The molecule has 1 atom stereocenters. The van der Waals surface area contributed by atoms with Gasteiger partial charge in [0, 0.05) is 30.9 Å². The van der Waals surface area contributed by atoms with Crippen molar-refractivity contribution in [2.75, 3.05) is 5.32 Å². The summed E-state index contributed by atoms with van der Waals surface area (Å²) in [6.45, 7) is 0. The predicted octanol–water partition coefficient (Wildman–Crippen LogP) is 3.96. The molecule has 1 aliphatic carbocycles. The van der Waals surface area contributed by atoms with Crippen LogP contribution in [0.4, 0.5) is 10.1 Å². The highest BCUT2D eigenvalue weighted by Crippen LogP contribution is 2.35. The quantitative estimate of drug-likeness (QED) is 0.734. The minimum absolute atomic E-state index is 0.294. The van der Waals surface area contributed by atoms with Crippen molar-refractivity contribution in [3.8, 4) is 0 Å². The first-order valence-electron chi connectivity index (χ1n) is 8.47. The molecule has 6 nitrogen and oxygen atoms in total. The van der Waals surface area contributed by atoms with Gasteiger partial charge in [0.05, 0.1) is 33.5 Å². The number of allylic oxidation sites excluding steroid dienone is 2. The van der Waals surface area contributed by atoms with Crippen molar-refractivity contribution in [2.24, 2.45) is 17.0 Å². The van der Waals surface area contributed by atoms with Crippen LogP contribution in [0.2, 0.25) is 0 Å². The van der Waals surface area contributed by atoms with E-state index in [9.17, 15) is 4.39 Å². The number of benzene rings is 1. The molecule has 134 valence electrons. The molecule has 1 aromatic carbocycles. The lowest BCUT2D eigenvalue weighted by atomic mass is 9.89. The van der Waals surface area contributed by atoms with Crippen molar-refractivity contribution in [3.05, 3.63) is 59.1 Å². The monoisotopic (exact) mass is 378 g/mol. The zero-order valence-electron chi connectivity index (χ0n) is 14.4. The van der Waals surface area contributed by atoms with Crippen LogP contribution in [-0.4, -0.2) is 33.0 Å². The minimum Gasteiger partial charge on any atom is -0.340 e. The summed E-state index contributed by atoms with van der Waals surface area (Å²) in [6, 6.07) is 5.56. The number of rotatable bonds is 2. The van der Waals surface area contributed by atoms with Gasteiger partial charge in [-0.05, 0) is 29.8 Å². The maximum absolute atomic E-state index is 15.0. The Morgan fingerprint density at radius 1 is 1.33 bits per heavy atom. The first kappa shape index (κ1) is 16.1. The van der Waals surface area contributed by atoms with Crippen molar-refractivity contribution in [2.45, 2.75) is 12.5 Å². The second-order valence-electron chi connectivity index (χ2n) is 6.46. The number of aromatic nitrogens is 3. The van der Waals surface area contributed by atoms with Crippen molar-refractivity contribution >= 4 is 45.0 Å². The third kappa shape index (κ3) is 2.87. The van der Waals surface area contributed by atoms with Gasteiger partial charge in [0.1, 0.15) is 18.0 Å². The highest BCUT2D eigenvalue weighted by atomic mass is 32.1. The van der Waals surface area contributed by atoms with Gasteiger partial charge in [-0.1, -0.05) is 0 Å². The number of amidine groups is 1. The minimum atomic E-state index is -0.313. The lowest BCUT2D eigenvalue weighted by Crippen LogP contribution is -2.29. The summed E-state index contributed by atoms with van der Waals surface area (Å²) in [5.41, 5.74) is 5.90. The lowest BCUT2D eigenvalue weighted by Gasteiger charge is -2.26. The molecule has 1 aliphatic heterocycles. The average molecular weight is 378 g/mol. The maximum atomic E-state index is 15.0. The van der Waals surface area contributed by atoms with E-state index in [1.807, 2.05) is 37.0 Å². The molecule has 3 aromatic rings. The van der Waals surface area contributed by atoms with Crippen molar-refractivity contribution in [1.29, 1.82) is 0 Å². The Kier molecular flexibility index (Phi) is 3.71. The van der Waals surface area contributed by atoms with Crippen LogP contribution < -0.4 is 5.32 Å². The smallest absolute Gasteiger partial charge is 0.140 e. The molecule has 27 heavy (non-hydrogen) atoms. The van der Waals surface area contributed by atoms with E-state index < -0.39 is 0 Å². The molecule has 8 heteroatoms. The van der Waals surface area contributed by atoms with Crippen LogP contribution in [0.1, 0.15) is 12.0 Å². The second kappa shape index (κ2) is 6.24. The number of aryl methyl sites for hydroxylation is 1. The normalized spacial score (nSPS) is 19.1. The number of fused-ring (bicyclic) bond motifs is 2. The molecule has 0 spiro atoms. The molecule has 5 rings (SSSR count). The Morgan fingerprint density at radius 3 is 3.11 bits per heavy atom. The molecule has 1 N–H and O–H groups in total. The van der Waals surface area contributed by atoms with Gasteiger partial charge >= 0.3 is 0 Å². The highest BCUT2D eigenvalue weighted by Gasteiger charge is 2.30. The Balaban J connectivity index is 1.49. The predicted molar refractivity (Wildman–Crippen MR) is 107 cm³/mol. The zero-order valence-corrected chi connectivity index (χ0v) is 15.2. The summed E-state index contributed by atoms with van der Waals surface area (Å²) in [5, 5.41) is 7.42. The van der Waals surface area contributed by atoms with E-state index in [2.05, 4.69) is 25.4 Å². The van der Waals surface area contributed by atoms with Crippen LogP contribution >= 0.6 is 11.3 Å². The van der Waals surface area contributed by atoms with Gasteiger partial charge in [0.25, 0.3) is 0 Å². The highest BCUT2D eigenvalue weighted by molar-refractivity contribution is 7.16. The molecule has 0 fully saturated rings. The molecule has 0 amide bonds.